The third-order valence-corrected chi connectivity index (χ3v) is 4.90. The normalized spacial score (nSPS) is 11.0. The smallest absolute Gasteiger partial charge is 0.150 e. The summed E-state index contributed by atoms with van der Waals surface area (Å²) in [5.41, 5.74) is 0.642. The lowest BCUT2D eigenvalue weighted by Crippen LogP contribution is -2.13. The summed E-state index contributed by atoms with van der Waals surface area (Å²) in [7, 11) is 0. The molecule has 1 aromatic carbocycles. The number of hydrogen-bond acceptors (Lipinski definition) is 5. The van der Waals surface area contributed by atoms with Gasteiger partial charge in [-0.15, -0.1) is 0 Å². The molecule has 0 spiro atoms. The maximum absolute atomic E-state index is 10.6. The fraction of sp³-hybridized carbons (Fsp3) is 0.720. The van der Waals surface area contributed by atoms with E-state index in [0.717, 1.165) is 25.1 Å². The Balaban J connectivity index is 1.72. The lowest BCUT2D eigenvalue weighted by molar-refractivity contribution is 0.00878. The monoisotopic (exact) mass is 422 g/mol. The van der Waals surface area contributed by atoms with Crippen LogP contribution in [-0.4, -0.2) is 52.5 Å². The molecule has 0 saturated carbocycles. The second-order valence-electron chi connectivity index (χ2n) is 7.55. The molecule has 0 radical (unpaired) electrons. The molecule has 0 aliphatic rings. The van der Waals surface area contributed by atoms with E-state index in [-0.39, 0.29) is 0 Å². The van der Waals surface area contributed by atoms with Gasteiger partial charge < -0.3 is 18.9 Å². The summed E-state index contributed by atoms with van der Waals surface area (Å²) in [5.74, 6) is 0.736. The molecule has 5 nitrogen and oxygen atoms in total. The fourth-order valence-electron chi connectivity index (χ4n) is 3.09. The van der Waals surface area contributed by atoms with Gasteiger partial charge in [-0.05, 0) is 30.7 Å². The van der Waals surface area contributed by atoms with Crippen LogP contribution in [0.15, 0.2) is 24.3 Å². The molecule has 30 heavy (non-hydrogen) atoms. The number of aldehydes is 1. The van der Waals surface area contributed by atoms with Crippen molar-refractivity contribution < 1.29 is 23.7 Å². The Morgan fingerprint density at radius 3 is 1.60 bits per heavy atom. The standard InChI is InChI=1S/C25H42O5/c1-2-3-4-5-6-7-8-9-10-11-16-27-17-18-28-19-20-29-21-22-30-25-14-12-24(23-26)13-15-25/h12-15,23H,2-11,16-22H2,1H3. The molecule has 0 aliphatic carbocycles. The largest absolute Gasteiger partial charge is 0.491 e. The topological polar surface area (TPSA) is 54.0 Å². The van der Waals surface area contributed by atoms with Crippen LogP contribution in [0.3, 0.4) is 0 Å². The molecular weight excluding hydrogens is 380 g/mol. The van der Waals surface area contributed by atoms with Crippen molar-refractivity contribution >= 4 is 6.29 Å². The van der Waals surface area contributed by atoms with Gasteiger partial charge in [0.25, 0.3) is 0 Å². The van der Waals surface area contributed by atoms with Crippen molar-refractivity contribution in [3.8, 4) is 5.75 Å². The van der Waals surface area contributed by atoms with Crippen molar-refractivity contribution in [1.29, 1.82) is 0 Å². The third kappa shape index (κ3) is 16.4. The molecule has 0 N–H and O–H groups in total. The third-order valence-electron chi connectivity index (χ3n) is 4.90. The zero-order valence-electron chi connectivity index (χ0n) is 18.9. The van der Waals surface area contributed by atoms with Gasteiger partial charge in [0.1, 0.15) is 18.6 Å². The van der Waals surface area contributed by atoms with Crippen LogP contribution in [0.5, 0.6) is 5.75 Å². The minimum absolute atomic E-state index is 0.475. The van der Waals surface area contributed by atoms with E-state index >= 15 is 0 Å². The Bertz CT molecular complexity index is 489. The Hall–Kier alpha value is -1.43. The molecule has 0 fully saturated rings. The average Bonchev–Trinajstić information content (AvgIpc) is 2.78. The maximum atomic E-state index is 10.6. The van der Waals surface area contributed by atoms with E-state index in [4.69, 9.17) is 18.9 Å². The van der Waals surface area contributed by atoms with Gasteiger partial charge in [-0.1, -0.05) is 64.7 Å². The van der Waals surface area contributed by atoms with Crippen molar-refractivity contribution in [3.05, 3.63) is 29.8 Å². The Kier molecular flexibility index (Phi) is 18.5. The molecule has 1 aromatic rings. The Morgan fingerprint density at radius 2 is 1.07 bits per heavy atom. The molecule has 0 bridgehead atoms. The van der Waals surface area contributed by atoms with Gasteiger partial charge in [0.05, 0.1) is 33.0 Å². The van der Waals surface area contributed by atoms with Gasteiger partial charge in [-0.2, -0.15) is 0 Å². The molecule has 5 heteroatoms. The van der Waals surface area contributed by atoms with Crippen LogP contribution >= 0.6 is 0 Å². The molecule has 0 amide bonds. The van der Waals surface area contributed by atoms with Gasteiger partial charge >= 0.3 is 0 Å². The van der Waals surface area contributed by atoms with Crippen LogP contribution in [0, 0.1) is 0 Å². The minimum Gasteiger partial charge on any atom is -0.491 e. The molecule has 1 rings (SSSR count). The number of carbonyl (C=O) groups excluding carboxylic acids is 1. The van der Waals surface area contributed by atoms with Crippen LogP contribution in [0.2, 0.25) is 0 Å². The lowest BCUT2D eigenvalue weighted by atomic mass is 10.1. The van der Waals surface area contributed by atoms with Gasteiger partial charge in [0, 0.05) is 12.2 Å². The summed E-state index contributed by atoms with van der Waals surface area (Å²) in [6.07, 6.45) is 14.3. The summed E-state index contributed by atoms with van der Waals surface area (Å²) in [4.78, 5) is 10.6. The first kappa shape index (κ1) is 26.6. The number of carbonyl (C=O) groups is 1. The SMILES string of the molecule is CCCCCCCCCCCCOCCOCCOCCOc1ccc(C=O)cc1. The van der Waals surface area contributed by atoms with Crippen LogP contribution in [0.1, 0.15) is 81.5 Å². The first-order valence-corrected chi connectivity index (χ1v) is 11.8. The highest BCUT2D eigenvalue weighted by molar-refractivity contribution is 5.74. The molecule has 0 atom stereocenters. The number of hydrogen-bond donors (Lipinski definition) is 0. The highest BCUT2D eigenvalue weighted by Gasteiger charge is 1.96. The zero-order valence-corrected chi connectivity index (χ0v) is 18.9. The lowest BCUT2D eigenvalue weighted by Gasteiger charge is -2.08. The molecule has 172 valence electrons. The van der Waals surface area contributed by atoms with E-state index < -0.39 is 0 Å². The van der Waals surface area contributed by atoms with Crippen molar-refractivity contribution in [2.75, 3.05) is 46.2 Å². The molecular formula is C25H42O5. The molecule has 0 heterocycles. The Labute approximate surface area is 183 Å². The number of rotatable bonds is 22. The quantitative estimate of drug-likeness (QED) is 0.173. The molecule has 0 unspecified atom stereocenters. The number of ether oxygens (including phenoxy) is 4. The maximum Gasteiger partial charge on any atom is 0.150 e. The number of benzene rings is 1. The van der Waals surface area contributed by atoms with E-state index in [1.807, 2.05) is 0 Å². The van der Waals surface area contributed by atoms with E-state index in [9.17, 15) is 4.79 Å². The molecule has 0 aromatic heterocycles. The van der Waals surface area contributed by atoms with Crippen LogP contribution in [0.25, 0.3) is 0 Å². The molecule has 0 aliphatic heterocycles. The minimum atomic E-state index is 0.475. The fourth-order valence-corrected chi connectivity index (χ4v) is 3.09. The van der Waals surface area contributed by atoms with Gasteiger partial charge in [0.2, 0.25) is 0 Å². The summed E-state index contributed by atoms with van der Waals surface area (Å²) in [5, 5.41) is 0. The van der Waals surface area contributed by atoms with Gasteiger partial charge in [-0.25, -0.2) is 0 Å². The summed E-state index contributed by atoms with van der Waals surface area (Å²) in [6, 6.07) is 7.02. The summed E-state index contributed by atoms with van der Waals surface area (Å²) in [6.45, 7) is 6.46. The second-order valence-corrected chi connectivity index (χ2v) is 7.55. The highest BCUT2D eigenvalue weighted by atomic mass is 16.6. The zero-order chi connectivity index (χ0) is 21.5. The highest BCUT2D eigenvalue weighted by Crippen LogP contribution is 2.11. The van der Waals surface area contributed by atoms with E-state index in [1.165, 1.54) is 57.8 Å². The van der Waals surface area contributed by atoms with Crippen molar-refractivity contribution in [2.45, 2.75) is 71.1 Å². The van der Waals surface area contributed by atoms with Crippen molar-refractivity contribution in [3.63, 3.8) is 0 Å². The van der Waals surface area contributed by atoms with Crippen molar-refractivity contribution in [1.82, 2.24) is 0 Å². The van der Waals surface area contributed by atoms with E-state index in [0.29, 0.717) is 45.2 Å². The average molecular weight is 423 g/mol. The molecule has 0 saturated heterocycles. The van der Waals surface area contributed by atoms with Crippen LogP contribution < -0.4 is 4.74 Å². The Morgan fingerprint density at radius 1 is 0.600 bits per heavy atom. The summed E-state index contributed by atoms with van der Waals surface area (Å²) < 4.78 is 22.1. The predicted octanol–water partition coefficient (Wildman–Crippen LogP) is 5.85. The second kappa shape index (κ2) is 20.8. The van der Waals surface area contributed by atoms with Crippen molar-refractivity contribution in [2.24, 2.45) is 0 Å². The van der Waals surface area contributed by atoms with Gasteiger partial charge in [0.15, 0.2) is 0 Å². The first-order chi connectivity index (χ1) is 14.9. The number of unbranched alkanes of at least 4 members (excludes halogenated alkanes) is 9. The van der Waals surface area contributed by atoms with E-state index in [2.05, 4.69) is 6.92 Å². The summed E-state index contributed by atoms with van der Waals surface area (Å²) >= 11 is 0. The van der Waals surface area contributed by atoms with Crippen LogP contribution in [-0.2, 0) is 14.2 Å². The first-order valence-electron chi connectivity index (χ1n) is 11.8. The predicted molar refractivity (Wildman–Crippen MR) is 122 cm³/mol. The van der Waals surface area contributed by atoms with Crippen LogP contribution in [0.4, 0.5) is 0 Å². The van der Waals surface area contributed by atoms with E-state index in [1.54, 1.807) is 24.3 Å². The van der Waals surface area contributed by atoms with Gasteiger partial charge in [-0.3, -0.25) is 4.79 Å².